The molecule has 268 valence electrons. The summed E-state index contributed by atoms with van der Waals surface area (Å²) >= 11 is 0. The first-order chi connectivity index (χ1) is 22.6. The van der Waals surface area contributed by atoms with Gasteiger partial charge in [-0.2, -0.15) is 0 Å². The molecule has 2 rings (SSSR count). The number of carbonyl (C=O) groups excluding carboxylic acids is 1. The van der Waals surface area contributed by atoms with Crippen LogP contribution in [0.1, 0.15) is 126 Å². The number of benzene rings is 1. The fourth-order valence-electron chi connectivity index (χ4n) is 4.49. The van der Waals surface area contributed by atoms with Gasteiger partial charge in [-0.3, -0.25) is 9.98 Å². The van der Waals surface area contributed by atoms with Gasteiger partial charge in [0.2, 0.25) is 0 Å². The second-order valence-electron chi connectivity index (χ2n) is 10.6. The van der Waals surface area contributed by atoms with E-state index >= 15 is 0 Å². The molecule has 1 saturated carbocycles. The van der Waals surface area contributed by atoms with Crippen LogP contribution in [0.15, 0.2) is 96.1 Å². The molecule has 0 radical (unpaired) electrons. The maximum absolute atomic E-state index is 8.00. The van der Waals surface area contributed by atoms with Crippen molar-refractivity contribution in [3.8, 4) is 0 Å². The fourth-order valence-corrected chi connectivity index (χ4v) is 4.49. The molecule has 0 bridgehead atoms. The molecule has 1 aromatic carbocycles. The Morgan fingerprint density at radius 3 is 1.81 bits per heavy atom. The lowest BCUT2D eigenvalue weighted by Gasteiger charge is -2.24. The third-order valence-corrected chi connectivity index (χ3v) is 6.73. The van der Waals surface area contributed by atoms with E-state index in [0.717, 1.165) is 51.1 Å². The molecule has 0 N–H and O–H groups in total. The van der Waals surface area contributed by atoms with E-state index in [1.54, 1.807) is 7.05 Å². The minimum absolute atomic E-state index is 0.728. The van der Waals surface area contributed by atoms with Crippen molar-refractivity contribution in [3.05, 3.63) is 97.3 Å². The second kappa shape index (κ2) is 38.7. The van der Waals surface area contributed by atoms with Gasteiger partial charge in [0.1, 0.15) is 6.79 Å². The van der Waals surface area contributed by atoms with E-state index in [4.69, 9.17) is 9.79 Å². The molecule has 0 heterocycles. The highest BCUT2D eigenvalue weighted by Crippen LogP contribution is 2.29. The second-order valence-corrected chi connectivity index (χ2v) is 10.6. The van der Waals surface area contributed by atoms with Crippen molar-refractivity contribution < 1.29 is 4.79 Å². The van der Waals surface area contributed by atoms with Crippen LogP contribution in [0, 0.1) is 11.8 Å². The van der Waals surface area contributed by atoms with Crippen LogP contribution in [-0.2, 0) is 4.79 Å². The highest BCUT2D eigenvalue weighted by atomic mass is 16.1. The highest BCUT2D eigenvalue weighted by molar-refractivity contribution is 6.10. The van der Waals surface area contributed by atoms with Crippen LogP contribution >= 0.6 is 0 Å². The van der Waals surface area contributed by atoms with Crippen molar-refractivity contribution in [2.24, 2.45) is 21.8 Å². The third-order valence-electron chi connectivity index (χ3n) is 6.73. The Morgan fingerprint density at radius 2 is 1.43 bits per heavy atom. The number of rotatable bonds is 9. The van der Waals surface area contributed by atoms with Crippen molar-refractivity contribution in [1.82, 2.24) is 4.90 Å². The van der Waals surface area contributed by atoms with Gasteiger partial charge in [0.25, 0.3) is 0 Å². The van der Waals surface area contributed by atoms with Crippen LogP contribution in [0.5, 0.6) is 0 Å². The van der Waals surface area contributed by atoms with Crippen molar-refractivity contribution in [2.45, 2.75) is 115 Å². The maximum atomic E-state index is 8.00. The molecular formula is C43H75N3O. The first-order valence-electron chi connectivity index (χ1n) is 17.5. The zero-order valence-corrected chi connectivity index (χ0v) is 33.4. The molecule has 1 fully saturated rings. The van der Waals surface area contributed by atoms with Gasteiger partial charge in [-0.15, -0.1) is 13.2 Å². The summed E-state index contributed by atoms with van der Waals surface area (Å²) in [4.78, 5) is 18.9. The average molecular weight is 650 g/mol. The van der Waals surface area contributed by atoms with E-state index in [1.165, 1.54) is 38.5 Å². The molecule has 4 heteroatoms. The third kappa shape index (κ3) is 26.3. The first-order valence-corrected chi connectivity index (χ1v) is 17.5. The van der Waals surface area contributed by atoms with E-state index in [9.17, 15) is 0 Å². The van der Waals surface area contributed by atoms with Crippen LogP contribution < -0.4 is 0 Å². The number of hydrogen-bond donors (Lipinski definition) is 0. The summed E-state index contributed by atoms with van der Waals surface area (Å²) in [6, 6.07) is 8.21. The van der Waals surface area contributed by atoms with Gasteiger partial charge in [0.05, 0.1) is 5.70 Å². The largest absolute Gasteiger partial charge is 0.383 e. The van der Waals surface area contributed by atoms with Crippen LogP contribution in [-0.4, -0.2) is 44.8 Å². The summed E-state index contributed by atoms with van der Waals surface area (Å²) in [6.45, 7) is 39.1. The molecule has 0 aliphatic heterocycles. The predicted molar refractivity (Wildman–Crippen MR) is 221 cm³/mol. The molecule has 0 saturated heterocycles. The Balaban J connectivity index is -0.000000241. The quantitative estimate of drug-likeness (QED) is 0.152. The molecule has 4 nitrogen and oxygen atoms in total. The highest BCUT2D eigenvalue weighted by Gasteiger charge is 2.15. The monoisotopic (exact) mass is 650 g/mol. The number of carbonyl (C=O) groups is 1. The number of nitrogens with zero attached hydrogens (tertiary/aromatic N) is 3. The minimum Gasteiger partial charge on any atom is -0.383 e. The maximum Gasteiger partial charge on any atom is 0.106 e. The van der Waals surface area contributed by atoms with E-state index in [2.05, 4.69) is 77.2 Å². The predicted octanol–water partition coefficient (Wildman–Crippen LogP) is 13.1. The Kier molecular flexibility index (Phi) is 43.6. The van der Waals surface area contributed by atoms with Crippen molar-refractivity contribution in [1.29, 1.82) is 0 Å². The lowest BCUT2D eigenvalue weighted by molar-refractivity contribution is -0.0980. The zero-order chi connectivity index (χ0) is 37.8. The Hall–Kier alpha value is -3.53. The SMILES string of the molecule is C=C.C=C/C(=C\N(C)C)c1cccc(C(=C)N=C(C)C(=C\C)/C(C=NC)=C/C)c1.C=O.CC.CC.CCC.CCC1CCC(C)CC1. The van der Waals surface area contributed by atoms with Gasteiger partial charge in [-0.05, 0) is 61.0 Å². The lowest BCUT2D eigenvalue weighted by Crippen LogP contribution is -2.10. The fraction of sp³-hybridized carbons (Fsp3) is 0.512. The number of hydrogen-bond acceptors (Lipinski definition) is 4. The van der Waals surface area contributed by atoms with Crippen LogP contribution in [0.3, 0.4) is 0 Å². The standard InChI is InChI=1S/C24H31N3.C9H18.C3H8.2C2H6.C2H4.CH2O/c1-9-20(16-25-6)24(11-3)19(5)26-18(4)22-13-12-14-23(15-22)21(10-2)17-27(7)8;1-3-9-6-4-8(2)5-7-9;1-3-2;4*1-2/h9-17H,2,4H2,1,3,5-8H3;8-9H,3-7H2,1-2H3;3H2,1-2H3;2*1-2H3;1-2H2;1H2/b20-9+,21-17+,24-11+,25-16?,26-19?;;;;;;. The summed E-state index contributed by atoms with van der Waals surface area (Å²) < 4.78 is 0. The van der Waals surface area contributed by atoms with Crippen LogP contribution in [0.4, 0.5) is 0 Å². The van der Waals surface area contributed by atoms with Gasteiger partial charge in [0, 0.05) is 44.8 Å². The molecule has 1 aromatic rings. The molecule has 0 aromatic heterocycles. The normalized spacial score (nSPS) is 15.8. The van der Waals surface area contributed by atoms with E-state index in [1.807, 2.05) is 111 Å². The molecule has 0 spiro atoms. The summed E-state index contributed by atoms with van der Waals surface area (Å²) in [6.07, 6.45) is 18.5. The van der Waals surface area contributed by atoms with Crippen LogP contribution in [0.2, 0.25) is 0 Å². The summed E-state index contributed by atoms with van der Waals surface area (Å²) in [5.74, 6) is 2.09. The van der Waals surface area contributed by atoms with Crippen molar-refractivity contribution in [3.63, 3.8) is 0 Å². The number of allylic oxidation sites excluding steroid dienone is 6. The lowest BCUT2D eigenvalue weighted by atomic mass is 9.82. The van der Waals surface area contributed by atoms with E-state index in [0.29, 0.717) is 0 Å². The van der Waals surface area contributed by atoms with Crippen molar-refractivity contribution >= 4 is 30.0 Å². The van der Waals surface area contributed by atoms with Gasteiger partial charge < -0.3 is 9.69 Å². The summed E-state index contributed by atoms with van der Waals surface area (Å²) in [7, 11) is 5.76. The van der Waals surface area contributed by atoms with E-state index in [-0.39, 0.29) is 0 Å². The smallest absolute Gasteiger partial charge is 0.106 e. The zero-order valence-electron chi connectivity index (χ0n) is 33.4. The molecular weight excluding hydrogens is 574 g/mol. The minimum atomic E-state index is 0.728. The first kappa shape index (κ1) is 53.0. The molecule has 0 atom stereocenters. The molecule has 47 heavy (non-hydrogen) atoms. The molecule has 1 aliphatic carbocycles. The van der Waals surface area contributed by atoms with Gasteiger partial charge in [-0.1, -0.05) is 143 Å². The van der Waals surface area contributed by atoms with Gasteiger partial charge in [-0.25, -0.2) is 0 Å². The Labute approximate surface area is 294 Å². The molecule has 0 amide bonds. The molecule has 1 aliphatic rings. The van der Waals surface area contributed by atoms with Gasteiger partial charge >= 0.3 is 0 Å². The number of aliphatic imine (C=N–C) groups is 2. The van der Waals surface area contributed by atoms with Crippen molar-refractivity contribution in [2.75, 3.05) is 21.1 Å². The average Bonchev–Trinajstić information content (AvgIpc) is 3.11. The summed E-state index contributed by atoms with van der Waals surface area (Å²) in [5.41, 5.74) is 6.87. The topological polar surface area (TPSA) is 45.0 Å². The Morgan fingerprint density at radius 1 is 0.936 bits per heavy atom. The van der Waals surface area contributed by atoms with E-state index < -0.39 is 0 Å². The molecule has 0 unspecified atom stereocenters. The Bertz CT molecular complexity index is 1050. The van der Waals surface area contributed by atoms with Gasteiger partial charge in [0.15, 0.2) is 0 Å². The summed E-state index contributed by atoms with van der Waals surface area (Å²) in [5, 5.41) is 0. The van der Waals surface area contributed by atoms with Crippen LogP contribution in [0.25, 0.3) is 11.3 Å².